The van der Waals surface area contributed by atoms with Gasteiger partial charge in [0.2, 0.25) is 0 Å². The molecule has 5 heteroatoms. The van der Waals surface area contributed by atoms with Crippen molar-refractivity contribution in [2.45, 2.75) is 31.3 Å². The average molecular weight is 289 g/mol. The molecule has 1 saturated heterocycles. The molecule has 2 N–H and O–H groups in total. The van der Waals surface area contributed by atoms with Gasteiger partial charge in [-0.25, -0.2) is 0 Å². The third-order valence-electron chi connectivity index (χ3n) is 5.33. The van der Waals surface area contributed by atoms with Crippen molar-refractivity contribution in [3.8, 4) is 11.5 Å². The molecule has 1 aromatic rings. The molecule has 4 atom stereocenters. The minimum atomic E-state index is -0.711. The molecule has 1 aromatic carbocycles. The van der Waals surface area contributed by atoms with Crippen LogP contribution in [0.1, 0.15) is 30.9 Å². The Morgan fingerprint density at radius 1 is 1.33 bits per heavy atom. The fourth-order valence-corrected chi connectivity index (χ4v) is 4.44. The molecule has 112 valence electrons. The fraction of sp³-hybridized carbons (Fsp3) is 0.562. The zero-order valence-corrected chi connectivity index (χ0v) is 11.7. The molecular weight excluding hydrogens is 270 g/mol. The maximum Gasteiger partial charge on any atom is 0.321 e. The maximum atomic E-state index is 11.8. The van der Waals surface area contributed by atoms with Crippen molar-refractivity contribution in [3.05, 3.63) is 23.8 Å². The summed E-state index contributed by atoms with van der Waals surface area (Å²) in [6, 6.07) is 4.71. The van der Waals surface area contributed by atoms with Gasteiger partial charge in [0, 0.05) is 18.2 Å². The molecule has 3 aliphatic rings. The molecule has 2 heterocycles. The summed E-state index contributed by atoms with van der Waals surface area (Å²) in [5, 5.41) is 19.2. The van der Waals surface area contributed by atoms with Gasteiger partial charge in [0.05, 0.1) is 6.04 Å². The lowest BCUT2D eigenvalue weighted by Crippen LogP contribution is -2.42. The lowest BCUT2D eigenvalue weighted by atomic mass is 9.94. The first-order chi connectivity index (χ1) is 10.1. The summed E-state index contributed by atoms with van der Waals surface area (Å²) in [5.74, 6) is 0.941. The van der Waals surface area contributed by atoms with E-state index < -0.39 is 12.0 Å². The van der Waals surface area contributed by atoms with Crippen LogP contribution in [0.4, 0.5) is 0 Å². The summed E-state index contributed by atoms with van der Waals surface area (Å²) in [6.07, 6.45) is 3.31. The van der Waals surface area contributed by atoms with E-state index in [-0.39, 0.29) is 17.7 Å². The lowest BCUT2D eigenvalue weighted by molar-refractivity contribution is -0.144. The molecule has 0 spiro atoms. The highest BCUT2D eigenvalue weighted by atomic mass is 16.5. The van der Waals surface area contributed by atoms with Crippen LogP contribution in [0.25, 0.3) is 0 Å². The third-order valence-corrected chi connectivity index (χ3v) is 5.33. The first-order valence-corrected chi connectivity index (χ1v) is 7.59. The van der Waals surface area contributed by atoms with E-state index in [1.165, 1.54) is 0 Å². The fourth-order valence-electron chi connectivity index (χ4n) is 4.44. The molecular formula is C16H19NO4. The van der Waals surface area contributed by atoms with Gasteiger partial charge >= 0.3 is 5.97 Å². The van der Waals surface area contributed by atoms with E-state index in [1.54, 1.807) is 12.1 Å². The van der Waals surface area contributed by atoms with Crippen LogP contribution in [0, 0.1) is 11.8 Å². The van der Waals surface area contributed by atoms with Gasteiger partial charge in [-0.05, 0) is 36.8 Å². The van der Waals surface area contributed by atoms with Crippen molar-refractivity contribution in [2.24, 2.45) is 11.8 Å². The molecule has 4 unspecified atom stereocenters. The van der Waals surface area contributed by atoms with E-state index in [4.69, 9.17) is 4.74 Å². The van der Waals surface area contributed by atoms with Gasteiger partial charge in [-0.1, -0.05) is 6.42 Å². The number of phenols is 1. The summed E-state index contributed by atoms with van der Waals surface area (Å²) >= 11 is 0. The Morgan fingerprint density at radius 3 is 3.00 bits per heavy atom. The quantitative estimate of drug-likeness (QED) is 0.871. The molecule has 2 fully saturated rings. The minimum absolute atomic E-state index is 0.00713. The summed E-state index contributed by atoms with van der Waals surface area (Å²) < 4.78 is 5.66. The van der Waals surface area contributed by atoms with E-state index >= 15 is 0 Å². The Balaban J connectivity index is 1.67. The molecule has 1 aliphatic carbocycles. The highest BCUT2D eigenvalue weighted by molar-refractivity contribution is 5.74. The minimum Gasteiger partial charge on any atom is -0.508 e. The van der Waals surface area contributed by atoms with Crippen LogP contribution < -0.4 is 4.74 Å². The highest BCUT2D eigenvalue weighted by Gasteiger charge is 2.51. The van der Waals surface area contributed by atoms with Gasteiger partial charge in [-0.15, -0.1) is 0 Å². The molecule has 4 rings (SSSR count). The molecule has 0 bridgehead atoms. The molecule has 0 radical (unpaired) electrons. The monoisotopic (exact) mass is 289 g/mol. The van der Waals surface area contributed by atoms with E-state index in [0.717, 1.165) is 31.4 Å². The largest absolute Gasteiger partial charge is 0.508 e. The van der Waals surface area contributed by atoms with E-state index in [0.29, 0.717) is 18.3 Å². The van der Waals surface area contributed by atoms with Crippen LogP contribution >= 0.6 is 0 Å². The number of carboxylic acids is 1. The zero-order chi connectivity index (χ0) is 14.6. The average Bonchev–Trinajstić information content (AvgIpc) is 3.08. The number of hydrogen-bond acceptors (Lipinski definition) is 4. The van der Waals surface area contributed by atoms with Crippen molar-refractivity contribution in [1.82, 2.24) is 4.90 Å². The van der Waals surface area contributed by atoms with Gasteiger partial charge < -0.3 is 14.9 Å². The van der Waals surface area contributed by atoms with Crippen LogP contribution in [0.3, 0.4) is 0 Å². The zero-order valence-electron chi connectivity index (χ0n) is 11.7. The van der Waals surface area contributed by atoms with Gasteiger partial charge in [0.1, 0.15) is 24.1 Å². The topological polar surface area (TPSA) is 70.0 Å². The van der Waals surface area contributed by atoms with Crippen molar-refractivity contribution < 1.29 is 19.7 Å². The molecule has 0 amide bonds. The number of benzene rings is 1. The number of likely N-dealkylation sites (tertiary alicyclic amines) is 1. The predicted octanol–water partition coefficient (Wildman–Crippen LogP) is 2.01. The van der Waals surface area contributed by atoms with E-state index in [9.17, 15) is 15.0 Å². The molecule has 21 heavy (non-hydrogen) atoms. The van der Waals surface area contributed by atoms with Crippen molar-refractivity contribution in [2.75, 3.05) is 13.2 Å². The molecule has 2 aliphatic heterocycles. The number of aliphatic carboxylic acids is 1. The number of nitrogens with zero attached hydrogens (tertiary/aromatic N) is 1. The molecule has 0 aromatic heterocycles. The van der Waals surface area contributed by atoms with Gasteiger partial charge in [0.25, 0.3) is 0 Å². The Morgan fingerprint density at radius 2 is 2.19 bits per heavy atom. The second kappa shape index (κ2) is 4.63. The summed E-state index contributed by atoms with van der Waals surface area (Å²) in [4.78, 5) is 13.9. The van der Waals surface area contributed by atoms with Crippen LogP contribution in [-0.4, -0.2) is 40.3 Å². The number of hydrogen-bond donors (Lipinski definition) is 2. The number of rotatable bonds is 2. The number of carboxylic acid groups (broad SMARTS) is 1. The second-order valence-corrected chi connectivity index (χ2v) is 6.38. The van der Waals surface area contributed by atoms with E-state index in [1.807, 2.05) is 6.07 Å². The first kappa shape index (κ1) is 13.0. The Bertz CT molecular complexity index is 588. The standard InChI is InChI=1S/C16H19NO4/c18-10-4-5-12-13(8-21-14(12)6-10)17-7-9-2-1-3-11(9)15(17)16(19)20/h4-6,9,11,13,15,18H,1-3,7-8H2,(H,19,20). The van der Waals surface area contributed by atoms with Crippen LogP contribution in [-0.2, 0) is 4.79 Å². The van der Waals surface area contributed by atoms with Crippen LogP contribution in [0.5, 0.6) is 11.5 Å². The smallest absolute Gasteiger partial charge is 0.321 e. The van der Waals surface area contributed by atoms with Gasteiger partial charge in [0.15, 0.2) is 0 Å². The third kappa shape index (κ3) is 1.91. The maximum absolute atomic E-state index is 11.8. The Kier molecular flexibility index (Phi) is 2.85. The summed E-state index contributed by atoms with van der Waals surface area (Å²) in [7, 11) is 0. The Labute approximate surface area is 123 Å². The normalized spacial score (nSPS) is 34.5. The van der Waals surface area contributed by atoms with Crippen molar-refractivity contribution in [3.63, 3.8) is 0 Å². The lowest BCUT2D eigenvalue weighted by Gasteiger charge is -2.29. The number of ether oxygens (including phenoxy) is 1. The van der Waals surface area contributed by atoms with Crippen LogP contribution in [0.2, 0.25) is 0 Å². The summed E-state index contributed by atoms with van der Waals surface area (Å²) in [5.41, 5.74) is 0.999. The van der Waals surface area contributed by atoms with E-state index in [2.05, 4.69) is 4.90 Å². The molecule has 5 nitrogen and oxygen atoms in total. The number of carbonyl (C=O) groups is 1. The van der Waals surface area contributed by atoms with Gasteiger partial charge in [-0.2, -0.15) is 0 Å². The predicted molar refractivity (Wildman–Crippen MR) is 75.3 cm³/mol. The summed E-state index contributed by atoms with van der Waals surface area (Å²) in [6.45, 7) is 1.32. The Hall–Kier alpha value is -1.75. The molecule has 1 saturated carbocycles. The SMILES string of the molecule is O=C(O)C1C2CCCC2CN1C1COc2cc(O)ccc21. The first-order valence-electron chi connectivity index (χ1n) is 7.59. The van der Waals surface area contributed by atoms with Crippen molar-refractivity contribution in [1.29, 1.82) is 0 Å². The van der Waals surface area contributed by atoms with Crippen LogP contribution in [0.15, 0.2) is 18.2 Å². The highest BCUT2D eigenvalue weighted by Crippen LogP contribution is 2.48. The second-order valence-electron chi connectivity index (χ2n) is 6.38. The number of fused-ring (bicyclic) bond motifs is 2. The van der Waals surface area contributed by atoms with Crippen molar-refractivity contribution >= 4 is 5.97 Å². The van der Waals surface area contributed by atoms with Gasteiger partial charge in [-0.3, -0.25) is 9.69 Å². The number of phenolic OH excluding ortho intramolecular Hbond substituents is 1. The number of aromatic hydroxyl groups is 1.